The highest BCUT2D eigenvalue weighted by Gasteiger charge is 2.15. The quantitative estimate of drug-likeness (QED) is 0.400. The van der Waals surface area contributed by atoms with Crippen LogP contribution in [0, 0.1) is 17.7 Å². The number of aliphatic hydroxyl groups is 1. The fraction of sp³-hybridized carbons (Fsp3) is 0.632. The topological polar surface area (TPSA) is 65.9 Å². The predicted molar refractivity (Wildman–Crippen MR) is 100 cm³/mol. The predicted octanol–water partition coefficient (Wildman–Crippen LogP) is 3.53. The van der Waals surface area contributed by atoms with Crippen LogP contribution in [0.15, 0.2) is 23.2 Å². The van der Waals surface area contributed by atoms with Gasteiger partial charge in [-0.1, -0.05) is 19.9 Å². The first kappa shape index (κ1) is 23.1. The molecule has 27 heavy (non-hydrogen) atoms. The fourth-order valence-corrected chi connectivity index (χ4v) is 2.79. The van der Waals surface area contributed by atoms with Crippen LogP contribution in [-0.2, 0) is 6.54 Å². The van der Waals surface area contributed by atoms with Gasteiger partial charge in [0, 0.05) is 19.7 Å². The number of hydrogen-bond acceptors (Lipinski definition) is 3. The van der Waals surface area contributed by atoms with E-state index in [1.807, 2.05) is 6.92 Å². The summed E-state index contributed by atoms with van der Waals surface area (Å²) in [6.45, 7) is 4.26. The summed E-state index contributed by atoms with van der Waals surface area (Å²) in [5, 5.41) is 15.4. The summed E-state index contributed by atoms with van der Waals surface area (Å²) < 4.78 is 43.4. The van der Waals surface area contributed by atoms with Crippen molar-refractivity contribution in [3.63, 3.8) is 0 Å². The van der Waals surface area contributed by atoms with Gasteiger partial charge in [0.25, 0.3) is 0 Å². The van der Waals surface area contributed by atoms with Crippen LogP contribution in [0.1, 0.15) is 39.2 Å². The number of nitrogens with one attached hydrogen (secondary N) is 2. The Morgan fingerprint density at radius 3 is 2.59 bits per heavy atom. The average Bonchev–Trinajstić information content (AvgIpc) is 2.58. The largest absolute Gasteiger partial charge is 0.434 e. The van der Waals surface area contributed by atoms with Crippen LogP contribution >= 0.6 is 0 Å². The van der Waals surface area contributed by atoms with E-state index in [1.54, 1.807) is 0 Å². The number of aliphatic imine (C=N–C) groups is 1. The van der Waals surface area contributed by atoms with Crippen LogP contribution in [-0.4, -0.2) is 37.4 Å². The van der Waals surface area contributed by atoms with Crippen molar-refractivity contribution in [3.8, 4) is 5.75 Å². The van der Waals surface area contributed by atoms with Crippen molar-refractivity contribution in [2.24, 2.45) is 16.8 Å². The number of guanidine groups is 1. The molecule has 154 valence electrons. The van der Waals surface area contributed by atoms with Crippen LogP contribution in [0.5, 0.6) is 5.75 Å². The first-order valence-corrected chi connectivity index (χ1v) is 9.22. The van der Waals surface area contributed by atoms with Gasteiger partial charge in [-0.2, -0.15) is 8.78 Å². The van der Waals surface area contributed by atoms with Gasteiger partial charge in [0.1, 0.15) is 11.6 Å². The van der Waals surface area contributed by atoms with E-state index >= 15 is 0 Å². The Morgan fingerprint density at radius 1 is 1.26 bits per heavy atom. The standard InChI is InChI=1S/C19H30F3N3O2/c1-4-23-19(24-11-14(8-9-26)10-13(2)3)25-12-15-16(20)6-5-7-17(15)27-18(21)22/h5-7,13-14,18,26H,4,8-12H2,1-3H3,(H2,23,24,25). The normalized spacial score (nSPS) is 13.1. The molecule has 1 atom stereocenters. The third-order valence-corrected chi connectivity index (χ3v) is 3.93. The van der Waals surface area contributed by atoms with Crippen molar-refractivity contribution in [2.75, 3.05) is 19.7 Å². The number of hydrogen-bond donors (Lipinski definition) is 3. The number of benzene rings is 1. The molecule has 1 aromatic carbocycles. The second-order valence-electron chi connectivity index (χ2n) is 6.68. The lowest BCUT2D eigenvalue weighted by Crippen LogP contribution is -2.40. The molecule has 0 aliphatic rings. The maximum Gasteiger partial charge on any atom is 0.387 e. The molecule has 0 saturated carbocycles. The van der Waals surface area contributed by atoms with Gasteiger partial charge in [-0.25, -0.2) is 9.38 Å². The van der Waals surface area contributed by atoms with Gasteiger partial charge in [0.15, 0.2) is 5.96 Å². The van der Waals surface area contributed by atoms with Gasteiger partial charge in [-0.05, 0) is 43.7 Å². The van der Waals surface area contributed by atoms with Gasteiger partial charge in [-0.15, -0.1) is 0 Å². The Kier molecular flexibility index (Phi) is 10.6. The molecule has 0 bridgehead atoms. The number of nitrogens with zero attached hydrogens (tertiary/aromatic N) is 1. The molecule has 0 saturated heterocycles. The van der Waals surface area contributed by atoms with Crippen LogP contribution in [0.2, 0.25) is 0 Å². The van der Waals surface area contributed by atoms with E-state index in [2.05, 4.69) is 34.2 Å². The summed E-state index contributed by atoms with van der Waals surface area (Å²) in [4.78, 5) is 4.29. The monoisotopic (exact) mass is 389 g/mol. The molecule has 0 aliphatic heterocycles. The summed E-state index contributed by atoms with van der Waals surface area (Å²) in [6.07, 6.45) is 1.62. The number of rotatable bonds is 11. The minimum atomic E-state index is -3.03. The number of alkyl halides is 2. The van der Waals surface area contributed by atoms with Crippen LogP contribution in [0.25, 0.3) is 0 Å². The van der Waals surface area contributed by atoms with E-state index in [0.717, 1.165) is 6.42 Å². The van der Waals surface area contributed by atoms with E-state index in [0.29, 0.717) is 31.4 Å². The maximum atomic E-state index is 14.0. The first-order valence-electron chi connectivity index (χ1n) is 9.22. The van der Waals surface area contributed by atoms with Gasteiger partial charge < -0.3 is 20.5 Å². The zero-order valence-electron chi connectivity index (χ0n) is 16.1. The maximum absolute atomic E-state index is 14.0. The van der Waals surface area contributed by atoms with Gasteiger partial charge in [0.2, 0.25) is 0 Å². The van der Waals surface area contributed by atoms with Gasteiger partial charge >= 0.3 is 6.61 Å². The lowest BCUT2D eigenvalue weighted by atomic mass is 9.94. The molecule has 0 spiro atoms. The van der Waals surface area contributed by atoms with Crippen LogP contribution < -0.4 is 15.4 Å². The van der Waals surface area contributed by atoms with Crippen molar-refractivity contribution in [3.05, 3.63) is 29.6 Å². The second-order valence-corrected chi connectivity index (χ2v) is 6.68. The Bertz CT molecular complexity index is 583. The molecule has 8 heteroatoms. The molecule has 5 nitrogen and oxygen atoms in total. The molecule has 0 heterocycles. The van der Waals surface area contributed by atoms with E-state index in [9.17, 15) is 18.3 Å². The Morgan fingerprint density at radius 2 is 2.00 bits per heavy atom. The Labute approximate surface area is 159 Å². The smallest absolute Gasteiger partial charge is 0.387 e. The number of aliphatic hydroxyl groups excluding tert-OH is 1. The van der Waals surface area contributed by atoms with Crippen molar-refractivity contribution in [1.29, 1.82) is 0 Å². The van der Waals surface area contributed by atoms with Crippen molar-refractivity contribution in [2.45, 2.75) is 46.8 Å². The molecule has 0 radical (unpaired) electrons. The minimum absolute atomic E-state index is 0.0240. The molecular weight excluding hydrogens is 359 g/mol. The molecule has 1 unspecified atom stereocenters. The molecule has 0 aliphatic carbocycles. The summed E-state index contributed by atoms with van der Waals surface area (Å²) in [7, 11) is 0. The molecule has 1 rings (SSSR count). The summed E-state index contributed by atoms with van der Waals surface area (Å²) >= 11 is 0. The molecule has 3 N–H and O–H groups in total. The van der Waals surface area contributed by atoms with Gasteiger partial charge in [0.05, 0.1) is 12.1 Å². The Hall–Kier alpha value is -1.96. The zero-order valence-corrected chi connectivity index (χ0v) is 16.1. The minimum Gasteiger partial charge on any atom is -0.434 e. The summed E-state index contributed by atoms with van der Waals surface area (Å²) in [6, 6.07) is 3.79. The molecule has 1 aromatic rings. The Balaban J connectivity index is 2.84. The van der Waals surface area contributed by atoms with Crippen molar-refractivity contribution < 1.29 is 23.0 Å². The van der Waals surface area contributed by atoms with Gasteiger partial charge in [-0.3, -0.25) is 0 Å². The molecule has 0 fully saturated rings. The van der Waals surface area contributed by atoms with Crippen molar-refractivity contribution >= 4 is 5.96 Å². The fourth-order valence-electron chi connectivity index (χ4n) is 2.79. The van der Waals surface area contributed by atoms with Crippen LogP contribution in [0.4, 0.5) is 13.2 Å². The van der Waals surface area contributed by atoms with E-state index in [-0.39, 0.29) is 30.4 Å². The lowest BCUT2D eigenvalue weighted by Gasteiger charge is -2.20. The number of halogens is 3. The zero-order chi connectivity index (χ0) is 20.2. The van der Waals surface area contributed by atoms with E-state index < -0.39 is 12.4 Å². The highest BCUT2D eigenvalue weighted by atomic mass is 19.3. The van der Waals surface area contributed by atoms with Crippen molar-refractivity contribution in [1.82, 2.24) is 10.6 Å². The molecular formula is C19H30F3N3O2. The third-order valence-electron chi connectivity index (χ3n) is 3.93. The molecule has 0 aromatic heterocycles. The number of ether oxygens (including phenoxy) is 1. The van der Waals surface area contributed by atoms with Crippen LogP contribution in [0.3, 0.4) is 0 Å². The lowest BCUT2D eigenvalue weighted by molar-refractivity contribution is -0.0506. The highest BCUT2D eigenvalue weighted by Crippen LogP contribution is 2.24. The SMILES string of the molecule is CCNC(=NCc1c(F)cccc1OC(F)F)NCC(CCO)CC(C)C. The first-order chi connectivity index (χ1) is 12.9. The second kappa shape index (κ2) is 12.4. The van der Waals surface area contributed by atoms with E-state index in [1.165, 1.54) is 18.2 Å². The third kappa shape index (κ3) is 8.99. The average molecular weight is 389 g/mol. The molecule has 0 amide bonds. The summed E-state index contributed by atoms with van der Waals surface area (Å²) in [5.74, 6) is 0.351. The van der Waals surface area contributed by atoms with E-state index in [4.69, 9.17) is 0 Å². The summed E-state index contributed by atoms with van der Waals surface area (Å²) in [5.41, 5.74) is -0.0240. The highest BCUT2D eigenvalue weighted by molar-refractivity contribution is 5.79.